The molecular formula is C15H28O3. The van der Waals surface area contributed by atoms with E-state index in [4.69, 9.17) is 9.47 Å². The van der Waals surface area contributed by atoms with Gasteiger partial charge in [0.05, 0.1) is 12.7 Å². The summed E-state index contributed by atoms with van der Waals surface area (Å²) in [6, 6.07) is 0. The van der Waals surface area contributed by atoms with Gasteiger partial charge in [-0.3, -0.25) is 0 Å². The summed E-state index contributed by atoms with van der Waals surface area (Å²) in [5.41, 5.74) is 0. The number of ether oxygens (including phenoxy) is 2. The molecule has 2 atom stereocenters. The van der Waals surface area contributed by atoms with Gasteiger partial charge in [-0.2, -0.15) is 0 Å². The third kappa shape index (κ3) is 8.06. The second-order valence-electron chi connectivity index (χ2n) is 5.18. The molecule has 1 rings (SSSR count). The molecule has 1 saturated heterocycles. The first-order chi connectivity index (χ1) is 8.83. The summed E-state index contributed by atoms with van der Waals surface area (Å²) < 4.78 is 11.1. The highest BCUT2D eigenvalue weighted by molar-refractivity contribution is 4.62. The van der Waals surface area contributed by atoms with Crippen molar-refractivity contribution in [3.05, 3.63) is 6.92 Å². The summed E-state index contributed by atoms with van der Waals surface area (Å²) in [5.74, 6) is 0. The summed E-state index contributed by atoms with van der Waals surface area (Å²) in [4.78, 5) is 0. The van der Waals surface area contributed by atoms with Gasteiger partial charge in [-0.05, 0) is 39.0 Å². The minimum atomic E-state index is -0.518. The van der Waals surface area contributed by atoms with Crippen molar-refractivity contribution in [1.82, 2.24) is 0 Å². The van der Waals surface area contributed by atoms with Gasteiger partial charge in [-0.25, -0.2) is 5.11 Å². The first-order valence-corrected chi connectivity index (χ1v) is 7.47. The Hall–Kier alpha value is -0.120. The summed E-state index contributed by atoms with van der Waals surface area (Å²) >= 11 is 0. The first kappa shape index (κ1) is 15.9. The van der Waals surface area contributed by atoms with Crippen molar-refractivity contribution < 1.29 is 14.6 Å². The van der Waals surface area contributed by atoms with Gasteiger partial charge in [-0.1, -0.05) is 25.7 Å². The number of hydrogen-bond acceptors (Lipinski definition) is 2. The maximum Gasteiger partial charge on any atom is 0.116 e. The zero-order valence-electron chi connectivity index (χ0n) is 11.6. The Labute approximate surface area is 112 Å². The van der Waals surface area contributed by atoms with Crippen molar-refractivity contribution in [3.8, 4) is 0 Å². The summed E-state index contributed by atoms with van der Waals surface area (Å²) in [5, 5.41) is 11.5. The minimum absolute atomic E-state index is 0.373. The lowest BCUT2D eigenvalue weighted by Crippen LogP contribution is -2.16. The number of hydrogen-bond donors (Lipinski definition) is 0. The van der Waals surface area contributed by atoms with Crippen LogP contribution < -0.4 is 0 Å². The van der Waals surface area contributed by atoms with E-state index in [0.29, 0.717) is 19.3 Å². The fourth-order valence-electron chi connectivity index (χ4n) is 2.45. The molecule has 2 unspecified atom stereocenters. The molecule has 2 radical (unpaired) electrons. The van der Waals surface area contributed by atoms with E-state index in [9.17, 15) is 5.11 Å². The van der Waals surface area contributed by atoms with Crippen LogP contribution in [0.5, 0.6) is 0 Å². The molecule has 1 aliphatic rings. The van der Waals surface area contributed by atoms with Crippen LogP contribution in [0, 0.1) is 6.92 Å². The predicted molar refractivity (Wildman–Crippen MR) is 71.9 cm³/mol. The van der Waals surface area contributed by atoms with E-state index in [-0.39, 0.29) is 0 Å². The summed E-state index contributed by atoms with van der Waals surface area (Å²) in [7, 11) is 0. The summed E-state index contributed by atoms with van der Waals surface area (Å²) in [6.45, 7) is 5.44. The molecule has 0 aromatic heterocycles. The van der Waals surface area contributed by atoms with E-state index >= 15 is 0 Å². The van der Waals surface area contributed by atoms with E-state index in [2.05, 4.69) is 6.92 Å². The molecule has 0 bridgehead atoms. The van der Waals surface area contributed by atoms with Gasteiger partial charge in [0.2, 0.25) is 0 Å². The van der Waals surface area contributed by atoms with Crippen molar-refractivity contribution in [2.24, 2.45) is 0 Å². The van der Waals surface area contributed by atoms with Crippen LogP contribution >= 0.6 is 0 Å². The van der Waals surface area contributed by atoms with Crippen LogP contribution in [0.1, 0.15) is 57.8 Å². The molecular weight excluding hydrogens is 228 g/mol. The second-order valence-corrected chi connectivity index (χ2v) is 5.18. The van der Waals surface area contributed by atoms with Crippen LogP contribution in [-0.4, -0.2) is 32.0 Å². The Balaban J connectivity index is 2.25. The molecule has 1 fully saturated rings. The fourth-order valence-corrected chi connectivity index (χ4v) is 2.45. The summed E-state index contributed by atoms with van der Waals surface area (Å²) in [6.07, 6.45) is 9.63. The Morgan fingerprint density at radius 1 is 1.00 bits per heavy atom. The quantitative estimate of drug-likeness (QED) is 0.758. The maximum atomic E-state index is 11.5. The highest BCUT2D eigenvalue weighted by Crippen LogP contribution is 2.16. The molecule has 1 aliphatic heterocycles. The van der Waals surface area contributed by atoms with Crippen molar-refractivity contribution >= 4 is 0 Å². The maximum absolute atomic E-state index is 11.5. The van der Waals surface area contributed by atoms with Crippen LogP contribution in [0.25, 0.3) is 0 Å². The molecule has 3 nitrogen and oxygen atoms in total. The molecule has 106 valence electrons. The van der Waals surface area contributed by atoms with Crippen molar-refractivity contribution in [2.45, 2.75) is 70.0 Å². The zero-order valence-corrected chi connectivity index (χ0v) is 11.6. The minimum Gasteiger partial charge on any atom is -0.379 e. The first-order valence-electron chi connectivity index (χ1n) is 7.47. The highest BCUT2D eigenvalue weighted by atomic mass is 16.5. The Morgan fingerprint density at radius 3 is 2.39 bits per heavy atom. The molecule has 1 heterocycles. The van der Waals surface area contributed by atoms with Crippen molar-refractivity contribution in [2.75, 3.05) is 19.8 Å². The average Bonchev–Trinajstić information content (AvgIpc) is 2.36. The Kier molecular flexibility index (Phi) is 9.54. The van der Waals surface area contributed by atoms with Crippen molar-refractivity contribution in [3.63, 3.8) is 0 Å². The standard InChI is InChI=1S/C15H28O3/c1-2-18-15-10-6-4-3-5-9-14(16)13-17-12-8-7-11-15/h14-15H,1-13H2. The van der Waals surface area contributed by atoms with E-state index in [1.807, 2.05) is 0 Å². The van der Waals surface area contributed by atoms with Gasteiger partial charge in [0.15, 0.2) is 0 Å². The molecule has 0 N–H and O–H groups in total. The normalized spacial score (nSPS) is 29.7. The van der Waals surface area contributed by atoms with Crippen LogP contribution in [-0.2, 0) is 14.6 Å². The van der Waals surface area contributed by atoms with E-state index < -0.39 is 6.10 Å². The van der Waals surface area contributed by atoms with Crippen LogP contribution in [0.2, 0.25) is 0 Å². The van der Waals surface area contributed by atoms with Crippen LogP contribution in [0.4, 0.5) is 0 Å². The second kappa shape index (κ2) is 10.8. The fraction of sp³-hybridized carbons (Fsp3) is 0.933. The predicted octanol–water partition coefficient (Wildman–Crippen LogP) is 3.55. The van der Waals surface area contributed by atoms with E-state index in [0.717, 1.165) is 51.6 Å². The third-order valence-corrected chi connectivity index (χ3v) is 3.52. The SMILES string of the molecule is [CH2]COC1CCCCCCC([O])COCCCC1. The molecule has 0 amide bonds. The van der Waals surface area contributed by atoms with Gasteiger partial charge in [-0.15, -0.1) is 0 Å². The largest absolute Gasteiger partial charge is 0.379 e. The molecule has 0 aromatic rings. The Morgan fingerprint density at radius 2 is 1.67 bits per heavy atom. The lowest BCUT2D eigenvalue weighted by Gasteiger charge is -2.17. The molecule has 18 heavy (non-hydrogen) atoms. The molecule has 0 aliphatic carbocycles. The average molecular weight is 256 g/mol. The van der Waals surface area contributed by atoms with Crippen molar-refractivity contribution in [1.29, 1.82) is 0 Å². The molecule has 0 aromatic carbocycles. The molecule has 0 spiro atoms. The van der Waals surface area contributed by atoms with E-state index in [1.165, 1.54) is 12.8 Å². The van der Waals surface area contributed by atoms with E-state index in [1.54, 1.807) is 0 Å². The van der Waals surface area contributed by atoms with Gasteiger partial charge in [0, 0.05) is 13.2 Å². The monoisotopic (exact) mass is 256 g/mol. The zero-order chi connectivity index (χ0) is 13.1. The van der Waals surface area contributed by atoms with Crippen LogP contribution in [0.3, 0.4) is 0 Å². The molecule has 0 saturated carbocycles. The third-order valence-electron chi connectivity index (χ3n) is 3.52. The Bertz CT molecular complexity index is 169. The topological polar surface area (TPSA) is 38.4 Å². The highest BCUT2D eigenvalue weighted by Gasteiger charge is 2.10. The smallest absolute Gasteiger partial charge is 0.116 e. The van der Waals surface area contributed by atoms with Gasteiger partial charge < -0.3 is 9.47 Å². The molecule has 3 heteroatoms. The van der Waals surface area contributed by atoms with Gasteiger partial charge in [0.1, 0.15) is 6.10 Å². The lowest BCUT2D eigenvalue weighted by atomic mass is 10.0. The number of rotatable bonds is 2. The van der Waals surface area contributed by atoms with Gasteiger partial charge in [0.25, 0.3) is 0 Å². The van der Waals surface area contributed by atoms with Gasteiger partial charge >= 0.3 is 0 Å². The lowest BCUT2D eigenvalue weighted by molar-refractivity contribution is -0.0113. The van der Waals surface area contributed by atoms with Crippen LogP contribution in [0.15, 0.2) is 0 Å².